The van der Waals surface area contributed by atoms with Gasteiger partial charge in [-0.15, -0.1) is 0 Å². The van der Waals surface area contributed by atoms with E-state index in [0.717, 1.165) is 5.56 Å². The molecule has 0 radical (unpaired) electrons. The van der Waals surface area contributed by atoms with Crippen molar-refractivity contribution in [3.8, 4) is 0 Å². The second kappa shape index (κ2) is 8.30. The lowest BCUT2D eigenvalue weighted by Gasteiger charge is -2.15. The van der Waals surface area contributed by atoms with Gasteiger partial charge in [-0.3, -0.25) is 9.59 Å². The van der Waals surface area contributed by atoms with Crippen LogP contribution >= 0.6 is 0 Å². The zero-order valence-electron chi connectivity index (χ0n) is 11.8. The summed E-state index contributed by atoms with van der Waals surface area (Å²) in [4.78, 5) is 22.9. The van der Waals surface area contributed by atoms with Gasteiger partial charge in [0.25, 0.3) is 0 Å². The van der Waals surface area contributed by atoms with Crippen molar-refractivity contribution in [2.45, 2.75) is 38.6 Å². The van der Waals surface area contributed by atoms with Crippen LogP contribution in [-0.4, -0.2) is 25.0 Å². The molecule has 0 bridgehead atoms. The van der Waals surface area contributed by atoms with Gasteiger partial charge in [0.15, 0.2) is 0 Å². The van der Waals surface area contributed by atoms with E-state index in [1.807, 2.05) is 6.92 Å². The number of hydrogen-bond donors (Lipinski definition) is 1. The minimum absolute atomic E-state index is 0.120. The van der Waals surface area contributed by atoms with Gasteiger partial charge >= 0.3 is 5.97 Å². The maximum absolute atomic E-state index is 12.7. The second-order valence-electron chi connectivity index (χ2n) is 4.58. The molecule has 5 heteroatoms. The largest absolute Gasteiger partial charge is 0.469 e. The monoisotopic (exact) mass is 281 g/mol. The molecule has 1 unspecified atom stereocenters. The van der Waals surface area contributed by atoms with Crippen molar-refractivity contribution in [2.24, 2.45) is 0 Å². The molecular formula is C15H20FNO3. The molecule has 0 saturated heterocycles. The van der Waals surface area contributed by atoms with Crippen molar-refractivity contribution in [3.05, 3.63) is 35.6 Å². The van der Waals surface area contributed by atoms with E-state index < -0.39 is 0 Å². The van der Waals surface area contributed by atoms with Crippen LogP contribution < -0.4 is 5.32 Å². The second-order valence-corrected chi connectivity index (χ2v) is 4.58. The Morgan fingerprint density at radius 1 is 1.30 bits per heavy atom. The third-order valence-electron chi connectivity index (χ3n) is 3.05. The summed E-state index contributed by atoms with van der Waals surface area (Å²) in [5, 5.41) is 2.80. The summed E-state index contributed by atoms with van der Waals surface area (Å²) in [7, 11) is 1.32. The predicted molar refractivity (Wildman–Crippen MR) is 73.6 cm³/mol. The van der Waals surface area contributed by atoms with E-state index in [2.05, 4.69) is 10.1 Å². The number of methoxy groups -OCH3 is 1. The topological polar surface area (TPSA) is 55.4 Å². The smallest absolute Gasteiger partial charge is 0.307 e. The maximum Gasteiger partial charge on any atom is 0.307 e. The summed E-state index contributed by atoms with van der Waals surface area (Å²) in [5.74, 6) is -0.747. The number of halogens is 1. The number of aryl methyl sites for hydroxylation is 1. The number of esters is 1. The van der Waals surface area contributed by atoms with E-state index in [-0.39, 0.29) is 30.2 Å². The number of rotatable bonds is 7. The number of carbonyl (C=O) groups is 2. The van der Waals surface area contributed by atoms with Crippen LogP contribution in [0.2, 0.25) is 0 Å². The Morgan fingerprint density at radius 3 is 2.50 bits per heavy atom. The highest BCUT2D eigenvalue weighted by Crippen LogP contribution is 2.06. The normalized spacial score (nSPS) is 11.8. The maximum atomic E-state index is 12.7. The number of ether oxygens (including phenoxy) is 1. The Bertz CT molecular complexity index is 445. The zero-order valence-corrected chi connectivity index (χ0v) is 11.8. The Balaban J connectivity index is 2.38. The first kappa shape index (κ1) is 16.1. The Morgan fingerprint density at radius 2 is 1.95 bits per heavy atom. The number of hydrogen-bond acceptors (Lipinski definition) is 3. The van der Waals surface area contributed by atoms with E-state index in [1.54, 1.807) is 12.1 Å². The Kier molecular flexibility index (Phi) is 6.70. The van der Waals surface area contributed by atoms with Crippen LogP contribution in [0.3, 0.4) is 0 Å². The molecule has 4 nitrogen and oxygen atoms in total. The van der Waals surface area contributed by atoms with Gasteiger partial charge in [0.1, 0.15) is 5.82 Å². The first-order valence-electron chi connectivity index (χ1n) is 6.65. The molecule has 0 saturated carbocycles. The molecule has 0 aliphatic rings. The number of carbonyl (C=O) groups excluding carboxylic acids is 2. The molecule has 1 amide bonds. The lowest BCUT2D eigenvalue weighted by atomic mass is 10.1. The van der Waals surface area contributed by atoms with Crippen LogP contribution in [0.5, 0.6) is 0 Å². The fourth-order valence-electron chi connectivity index (χ4n) is 1.79. The molecule has 1 N–H and O–H groups in total. The van der Waals surface area contributed by atoms with Crippen molar-refractivity contribution >= 4 is 11.9 Å². The lowest BCUT2D eigenvalue weighted by molar-refractivity contribution is -0.141. The highest BCUT2D eigenvalue weighted by molar-refractivity contribution is 5.77. The fraction of sp³-hybridized carbons (Fsp3) is 0.467. The first-order valence-corrected chi connectivity index (χ1v) is 6.65. The summed E-state index contributed by atoms with van der Waals surface area (Å²) in [5.41, 5.74) is 0.905. The molecule has 0 aliphatic heterocycles. The molecule has 1 aromatic carbocycles. The van der Waals surface area contributed by atoms with Crippen molar-refractivity contribution in [1.29, 1.82) is 0 Å². The molecule has 0 spiro atoms. The van der Waals surface area contributed by atoms with Gasteiger partial charge in [-0.1, -0.05) is 19.1 Å². The quantitative estimate of drug-likeness (QED) is 0.780. The molecule has 1 atom stereocenters. The minimum Gasteiger partial charge on any atom is -0.469 e. The van der Waals surface area contributed by atoms with Gasteiger partial charge in [0.05, 0.1) is 13.5 Å². The molecule has 1 rings (SSSR count). The number of amides is 1. The summed E-state index contributed by atoms with van der Waals surface area (Å²) in [6.45, 7) is 1.90. The standard InChI is InChI=1S/C15H20FNO3/c1-3-13(10-15(19)20-2)17-14(18)9-6-11-4-7-12(16)8-5-11/h4-5,7-8,13H,3,6,9-10H2,1-2H3,(H,17,18). The van der Waals surface area contributed by atoms with Gasteiger partial charge in [-0.05, 0) is 30.5 Å². The third-order valence-corrected chi connectivity index (χ3v) is 3.05. The Labute approximate surface area is 118 Å². The lowest BCUT2D eigenvalue weighted by Crippen LogP contribution is -2.36. The van der Waals surface area contributed by atoms with Crippen molar-refractivity contribution in [1.82, 2.24) is 5.32 Å². The van der Waals surface area contributed by atoms with E-state index in [9.17, 15) is 14.0 Å². The number of benzene rings is 1. The third kappa shape index (κ3) is 5.82. The zero-order chi connectivity index (χ0) is 15.0. The Hall–Kier alpha value is -1.91. The van der Waals surface area contributed by atoms with E-state index in [4.69, 9.17) is 0 Å². The average Bonchev–Trinajstić information content (AvgIpc) is 2.45. The average molecular weight is 281 g/mol. The van der Waals surface area contributed by atoms with Crippen LogP contribution in [0.1, 0.15) is 31.7 Å². The highest BCUT2D eigenvalue weighted by Gasteiger charge is 2.14. The summed E-state index contributed by atoms with van der Waals surface area (Å²) < 4.78 is 17.3. The summed E-state index contributed by atoms with van der Waals surface area (Å²) >= 11 is 0. The van der Waals surface area contributed by atoms with Crippen LogP contribution in [0.4, 0.5) is 4.39 Å². The van der Waals surface area contributed by atoms with Crippen LogP contribution in [-0.2, 0) is 20.7 Å². The van der Waals surface area contributed by atoms with Gasteiger partial charge in [0, 0.05) is 12.5 Å². The molecule has 0 aliphatic carbocycles. The first-order chi connectivity index (χ1) is 9.55. The van der Waals surface area contributed by atoms with Crippen LogP contribution in [0.15, 0.2) is 24.3 Å². The van der Waals surface area contributed by atoms with E-state index in [1.165, 1.54) is 19.2 Å². The van der Waals surface area contributed by atoms with Crippen molar-refractivity contribution < 1.29 is 18.7 Å². The molecule has 20 heavy (non-hydrogen) atoms. The van der Waals surface area contributed by atoms with Crippen molar-refractivity contribution in [3.63, 3.8) is 0 Å². The highest BCUT2D eigenvalue weighted by atomic mass is 19.1. The van der Waals surface area contributed by atoms with Crippen LogP contribution in [0, 0.1) is 5.82 Å². The van der Waals surface area contributed by atoms with Crippen molar-refractivity contribution in [2.75, 3.05) is 7.11 Å². The number of nitrogens with one attached hydrogen (secondary N) is 1. The van der Waals surface area contributed by atoms with Crippen LogP contribution in [0.25, 0.3) is 0 Å². The van der Waals surface area contributed by atoms with E-state index >= 15 is 0 Å². The van der Waals surface area contributed by atoms with E-state index in [0.29, 0.717) is 19.3 Å². The SMILES string of the molecule is CCC(CC(=O)OC)NC(=O)CCc1ccc(F)cc1. The summed E-state index contributed by atoms with van der Waals surface area (Å²) in [6.07, 6.45) is 1.69. The molecule has 1 aromatic rings. The van der Waals surface area contributed by atoms with Gasteiger partial charge < -0.3 is 10.1 Å². The predicted octanol–water partition coefficient (Wildman–Crippen LogP) is 2.22. The van der Waals surface area contributed by atoms with Gasteiger partial charge in [0.2, 0.25) is 5.91 Å². The fourth-order valence-corrected chi connectivity index (χ4v) is 1.79. The van der Waals surface area contributed by atoms with Gasteiger partial charge in [-0.25, -0.2) is 4.39 Å². The molecule has 0 fully saturated rings. The minimum atomic E-state index is -0.337. The molecule has 0 aromatic heterocycles. The molecule has 110 valence electrons. The summed E-state index contributed by atoms with van der Waals surface area (Å²) in [6, 6.07) is 5.87. The van der Waals surface area contributed by atoms with Gasteiger partial charge in [-0.2, -0.15) is 0 Å². The molecular weight excluding hydrogens is 261 g/mol. The molecule has 0 heterocycles.